The zero-order valence-electron chi connectivity index (χ0n) is 11.9. The van der Waals surface area contributed by atoms with Gasteiger partial charge in [0.1, 0.15) is 0 Å². The van der Waals surface area contributed by atoms with Gasteiger partial charge in [-0.15, -0.1) is 0 Å². The van der Waals surface area contributed by atoms with Gasteiger partial charge in [0.25, 0.3) is 0 Å². The molecule has 0 atom stereocenters. The molecule has 0 spiro atoms. The smallest absolute Gasteiger partial charge is 0.191 e. The Hall–Kier alpha value is -2.03. The number of hydrogen-bond donors (Lipinski definition) is 2. The van der Waals surface area contributed by atoms with Gasteiger partial charge < -0.3 is 10.6 Å². The molecule has 0 aromatic heterocycles. The van der Waals surface area contributed by atoms with Gasteiger partial charge >= 0.3 is 0 Å². The van der Waals surface area contributed by atoms with Crippen molar-refractivity contribution in [3.63, 3.8) is 0 Å². The molecule has 2 aromatic rings. The van der Waals surface area contributed by atoms with Crippen molar-refractivity contribution < 1.29 is 0 Å². The summed E-state index contributed by atoms with van der Waals surface area (Å²) in [5, 5.41) is 9.38. The Morgan fingerprint density at radius 1 is 1.10 bits per heavy atom. The highest BCUT2D eigenvalue weighted by Crippen LogP contribution is 2.27. The monoisotopic (exact) mass is 267 g/mol. The van der Waals surface area contributed by atoms with Crippen LogP contribution in [0.1, 0.15) is 18.4 Å². The lowest BCUT2D eigenvalue weighted by atomic mass is 10.0. The average molecular weight is 267 g/mol. The van der Waals surface area contributed by atoms with Crippen LogP contribution in [0.4, 0.5) is 0 Å². The highest BCUT2D eigenvalue weighted by atomic mass is 15.2. The Labute approximate surface area is 120 Å². The van der Waals surface area contributed by atoms with Gasteiger partial charge in [0, 0.05) is 20.1 Å². The van der Waals surface area contributed by atoms with Crippen molar-refractivity contribution in [1.29, 1.82) is 0 Å². The Morgan fingerprint density at radius 2 is 1.90 bits per heavy atom. The van der Waals surface area contributed by atoms with Crippen LogP contribution in [0.3, 0.4) is 0 Å². The second-order valence-electron chi connectivity index (χ2n) is 5.39. The second-order valence-corrected chi connectivity index (χ2v) is 5.39. The number of rotatable bonds is 4. The van der Waals surface area contributed by atoms with Gasteiger partial charge in [-0.25, -0.2) is 0 Å². The molecule has 0 radical (unpaired) electrons. The topological polar surface area (TPSA) is 36.4 Å². The summed E-state index contributed by atoms with van der Waals surface area (Å²) < 4.78 is 0. The third-order valence-electron chi connectivity index (χ3n) is 3.80. The fourth-order valence-corrected chi connectivity index (χ4v) is 2.41. The molecule has 3 rings (SSSR count). The van der Waals surface area contributed by atoms with E-state index in [1.807, 2.05) is 7.05 Å². The number of guanidine groups is 1. The quantitative estimate of drug-likeness (QED) is 0.660. The molecule has 0 amide bonds. The van der Waals surface area contributed by atoms with Crippen LogP contribution in [0.5, 0.6) is 0 Å². The van der Waals surface area contributed by atoms with Crippen LogP contribution in [0.15, 0.2) is 47.5 Å². The maximum Gasteiger partial charge on any atom is 0.191 e. The largest absolute Gasteiger partial charge is 0.356 e. The van der Waals surface area contributed by atoms with E-state index in [0.29, 0.717) is 0 Å². The molecule has 3 heteroatoms. The molecule has 0 heterocycles. The second kappa shape index (κ2) is 5.95. The van der Waals surface area contributed by atoms with Crippen LogP contribution < -0.4 is 10.6 Å². The van der Waals surface area contributed by atoms with Crippen molar-refractivity contribution in [3.05, 3.63) is 48.0 Å². The summed E-state index contributed by atoms with van der Waals surface area (Å²) in [6, 6.07) is 14.9. The van der Waals surface area contributed by atoms with Gasteiger partial charge in [-0.3, -0.25) is 4.99 Å². The first-order chi connectivity index (χ1) is 9.86. The molecule has 0 saturated heterocycles. The summed E-state index contributed by atoms with van der Waals surface area (Å²) in [6.45, 7) is 1.83. The molecule has 0 bridgehead atoms. The SMILES string of the molecule is CN=C(NCc1cccc2ccccc12)NCC1CC1. The lowest BCUT2D eigenvalue weighted by molar-refractivity contribution is 0.738. The predicted octanol–water partition coefficient (Wildman–Crippen LogP) is 2.91. The summed E-state index contributed by atoms with van der Waals surface area (Å²) in [5.41, 5.74) is 1.30. The Morgan fingerprint density at radius 3 is 2.70 bits per heavy atom. The van der Waals surface area contributed by atoms with E-state index < -0.39 is 0 Å². The van der Waals surface area contributed by atoms with Crippen LogP contribution >= 0.6 is 0 Å². The maximum atomic E-state index is 4.28. The number of fused-ring (bicyclic) bond motifs is 1. The molecular formula is C17H21N3. The third kappa shape index (κ3) is 3.10. The van der Waals surface area contributed by atoms with Crippen molar-refractivity contribution >= 4 is 16.7 Å². The molecule has 0 aliphatic heterocycles. The van der Waals surface area contributed by atoms with Gasteiger partial charge in [-0.1, -0.05) is 42.5 Å². The Bertz CT molecular complexity index is 609. The van der Waals surface area contributed by atoms with Crippen LogP contribution in [-0.4, -0.2) is 19.6 Å². The zero-order valence-corrected chi connectivity index (χ0v) is 11.9. The first kappa shape index (κ1) is 13.0. The van der Waals surface area contributed by atoms with E-state index in [1.165, 1.54) is 29.2 Å². The Balaban J connectivity index is 1.66. The molecular weight excluding hydrogens is 246 g/mol. The summed E-state index contributed by atoms with van der Waals surface area (Å²) >= 11 is 0. The maximum absolute atomic E-state index is 4.28. The molecule has 104 valence electrons. The number of aliphatic imine (C=N–C) groups is 1. The summed E-state index contributed by atoms with van der Waals surface area (Å²) in [7, 11) is 1.82. The van der Waals surface area contributed by atoms with E-state index in [-0.39, 0.29) is 0 Å². The van der Waals surface area contributed by atoms with E-state index in [9.17, 15) is 0 Å². The van der Waals surface area contributed by atoms with E-state index in [1.54, 1.807) is 0 Å². The molecule has 20 heavy (non-hydrogen) atoms. The number of hydrogen-bond acceptors (Lipinski definition) is 1. The molecule has 3 nitrogen and oxygen atoms in total. The number of nitrogens with zero attached hydrogens (tertiary/aromatic N) is 1. The normalized spacial score (nSPS) is 15.3. The van der Waals surface area contributed by atoms with E-state index in [2.05, 4.69) is 58.1 Å². The van der Waals surface area contributed by atoms with Crippen molar-refractivity contribution in [2.45, 2.75) is 19.4 Å². The predicted molar refractivity (Wildman–Crippen MR) is 84.9 cm³/mol. The summed E-state index contributed by atoms with van der Waals surface area (Å²) in [5.74, 6) is 1.75. The van der Waals surface area contributed by atoms with Gasteiger partial charge in [-0.05, 0) is 35.1 Å². The molecule has 1 saturated carbocycles. The van der Waals surface area contributed by atoms with E-state index >= 15 is 0 Å². The highest BCUT2D eigenvalue weighted by molar-refractivity contribution is 5.86. The molecule has 0 unspecified atom stereocenters. The van der Waals surface area contributed by atoms with Crippen LogP contribution in [0.2, 0.25) is 0 Å². The molecule has 2 aromatic carbocycles. The minimum absolute atomic E-state index is 0.797. The zero-order chi connectivity index (χ0) is 13.8. The summed E-state index contributed by atoms with van der Waals surface area (Å²) in [4.78, 5) is 4.28. The van der Waals surface area contributed by atoms with E-state index in [0.717, 1.165) is 25.0 Å². The molecule has 1 aliphatic carbocycles. The van der Waals surface area contributed by atoms with Crippen LogP contribution in [0.25, 0.3) is 10.8 Å². The molecule has 2 N–H and O–H groups in total. The minimum atomic E-state index is 0.797. The van der Waals surface area contributed by atoms with Crippen molar-refractivity contribution in [3.8, 4) is 0 Å². The van der Waals surface area contributed by atoms with E-state index in [4.69, 9.17) is 0 Å². The minimum Gasteiger partial charge on any atom is -0.356 e. The molecule has 1 fully saturated rings. The first-order valence-corrected chi connectivity index (χ1v) is 7.28. The van der Waals surface area contributed by atoms with Crippen molar-refractivity contribution in [2.75, 3.05) is 13.6 Å². The van der Waals surface area contributed by atoms with Gasteiger partial charge in [0.2, 0.25) is 0 Å². The number of nitrogens with one attached hydrogen (secondary N) is 2. The number of benzene rings is 2. The Kier molecular flexibility index (Phi) is 3.86. The lowest BCUT2D eigenvalue weighted by Gasteiger charge is -2.13. The fraction of sp³-hybridized carbons (Fsp3) is 0.353. The first-order valence-electron chi connectivity index (χ1n) is 7.28. The van der Waals surface area contributed by atoms with Gasteiger partial charge in [0.05, 0.1) is 0 Å². The van der Waals surface area contributed by atoms with Gasteiger partial charge in [0.15, 0.2) is 5.96 Å². The van der Waals surface area contributed by atoms with Crippen LogP contribution in [-0.2, 0) is 6.54 Å². The average Bonchev–Trinajstić information content (AvgIpc) is 3.32. The van der Waals surface area contributed by atoms with Crippen molar-refractivity contribution in [2.24, 2.45) is 10.9 Å². The third-order valence-corrected chi connectivity index (χ3v) is 3.80. The van der Waals surface area contributed by atoms with Crippen molar-refractivity contribution in [1.82, 2.24) is 10.6 Å². The van der Waals surface area contributed by atoms with Gasteiger partial charge in [-0.2, -0.15) is 0 Å². The highest BCUT2D eigenvalue weighted by Gasteiger charge is 2.20. The standard InChI is InChI=1S/C17H21N3/c1-18-17(19-11-13-9-10-13)20-12-15-7-4-6-14-5-2-3-8-16(14)15/h2-8,13H,9-12H2,1H3,(H2,18,19,20). The fourth-order valence-electron chi connectivity index (χ4n) is 2.41. The summed E-state index contributed by atoms with van der Waals surface area (Å²) in [6.07, 6.45) is 2.71. The van der Waals surface area contributed by atoms with Crippen LogP contribution in [0, 0.1) is 5.92 Å². The molecule has 1 aliphatic rings. The lowest BCUT2D eigenvalue weighted by Crippen LogP contribution is -2.37.